The van der Waals surface area contributed by atoms with Crippen LogP contribution in [0.15, 0.2) is 29.3 Å². The number of guanidine groups is 1. The first kappa shape index (κ1) is 14.6. The molecule has 0 aromatic heterocycles. The Hall–Kier alpha value is -1.79. The second-order valence-electron chi connectivity index (χ2n) is 4.57. The number of rotatable bonds is 4. The Balaban J connectivity index is 2.03. The van der Waals surface area contributed by atoms with Gasteiger partial charge in [-0.1, -0.05) is 18.2 Å². The normalized spacial score (nSPS) is 15.3. The SMILES string of the molecule is COCCCN=C(NN)N1CCOc2ccccc2C1. The van der Waals surface area contributed by atoms with Crippen LogP contribution in [-0.2, 0) is 11.3 Å². The van der Waals surface area contributed by atoms with Crippen LogP contribution in [0.2, 0.25) is 0 Å². The average Bonchev–Trinajstić information content (AvgIpc) is 2.69. The molecule has 1 aliphatic rings. The molecule has 0 fully saturated rings. The smallest absolute Gasteiger partial charge is 0.208 e. The number of para-hydroxylation sites is 1. The number of fused-ring (bicyclic) bond motifs is 1. The van der Waals surface area contributed by atoms with E-state index in [1.54, 1.807) is 7.11 Å². The van der Waals surface area contributed by atoms with Gasteiger partial charge in [0.1, 0.15) is 12.4 Å². The molecule has 110 valence electrons. The molecule has 0 bridgehead atoms. The summed E-state index contributed by atoms with van der Waals surface area (Å²) in [6.45, 7) is 3.50. The Bertz CT molecular complexity index is 451. The highest BCUT2D eigenvalue weighted by molar-refractivity contribution is 5.79. The Kier molecular flexibility index (Phi) is 5.64. The standard InChI is InChI=1S/C14H22N4O2/c1-19-9-4-7-16-14(17-15)18-8-10-20-13-6-3-2-5-12(13)11-18/h2-3,5-6H,4,7-11,15H2,1H3,(H,16,17). The summed E-state index contributed by atoms with van der Waals surface area (Å²) in [6.07, 6.45) is 0.878. The first-order valence-corrected chi connectivity index (χ1v) is 6.81. The zero-order valence-corrected chi connectivity index (χ0v) is 11.8. The molecule has 6 heteroatoms. The number of benzene rings is 1. The fourth-order valence-corrected chi connectivity index (χ4v) is 2.14. The lowest BCUT2D eigenvalue weighted by Crippen LogP contribution is -2.45. The van der Waals surface area contributed by atoms with Crippen LogP contribution in [0.25, 0.3) is 0 Å². The molecule has 0 radical (unpaired) electrons. The van der Waals surface area contributed by atoms with Crippen molar-refractivity contribution in [1.82, 2.24) is 10.3 Å². The van der Waals surface area contributed by atoms with E-state index in [1.165, 1.54) is 0 Å². The van der Waals surface area contributed by atoms with Crippen molar-refractivity contribution in [2.45, 2.75) is 13.0 Å². The minimum absolute atomic E-state index is 0.621. The van der Waals surface area contributed by atoms with Gasteiger partial charge in [-0.05, 0) is 12.5 Å². The monoisotopic (exact) mass is 278 g/mol. The van der Waals surface area contributed by atoms with Crippen LogP contribution in [0.3, 0.4) is 0 Å². The van der Waals surface area contributed by atoms with E-state index < -0.39 is 0 Å². The predicted molar refractivity (Wildman–Crippen MR) is 78.5 cm³/mol. The maximum Gasteiger partial charge on any atom is 0.208 e. The second-order valence-corrected chi connectivity index (χ2v) is 4.57. The summed E-state index contributed by atoms with van der Waals surface area (Å²) >= 11 is 0. The number of hydrogen-bond donors (Lipinski definition) is 2. The van der Waals surface area contributed by atoms with Crippen LogP contribution >= 0.6 is 0 Å². The van der Waals surface area contributed by atoms with Crippen LogP contribution in [0.1, 0.15) is 12.0 Å². The summed E-state index contributed by atoms with van der Waals surface area (Å²) in [5.74, 6) is 7.23. The molecular formula is C14H22N4O2. The highest BCUT2D eigenvalue weighted by Crippen LogP contribution is 2.22. The number of nitrogens with zero attached hydrogens (tertiary/aromatic N) is 2. The molecule has 1 aromatic carbocycles. The van der Waals surface area contributed by atoms with E-state index in [0.29, 0.717) is 25.7 Å². The van der Waals surface area contributed by atoms with Crippen LogP contribution in [0, 0.1) is 0 Å². The number of hydrogen-bond acceptors (Lipinski definition) is 4. The number of methoxy groups -OCH3 is 1. The fourth-order valence-electron chi connectivity index (χ4n) is 2.14. The van der Waals surface area contributed by atoms with E-state index in [4.69, 9.17) is 15.3 Å². The van der Waals surface area contributed by atoms with E-state index in [2.05, 4.69) is 21.4 Å². The van der Waals surface area contributed by atoms with Gasteiger partial charge in [0.05, 0.1) is 6.54 Å². The van der Waals surface area contributed by atoms with Crippen molar-refractivity contribution in [3.05, 3.63) is 29.8 Å². The third kappa shape index (κ3) is 3.85. The Morgan fingerprint density at radius 1 is 1.50 bits per heavy atom. The summed E-state index contributed by atoms with van der Waals surface area (Å²) in [4.78, 5) is 6.58. The van der Waals surface area contributed by atoms with Crippen molar-refractivity contribution in [3.63, 3.8) is 0 Å². The van der Waals surface area contributed by atoms with Gasteiger partial charge in [0.2, 0.25) is 5.96 Å². The summed E-state index contributed by atoms with van der Waals surface area (Å²) in [5, 5.41) is 0. The van der Waals surface area contributed by atoms with Crippen molar-refractivity contribution in [1.29, 1.82) is 0 Å². The number of aliphatic imine (C=N–C) groups is 1. The minimum atomic E-state index is 0.621. The van der Waals surface area contributed by atoms with Gasteiger partial charge in [0.15, 0.2) is 0 Å². The molecule has 0 aliphatic carbocycles. The summed E-state index contributed by atoms with van der Waals surface area (Å²) in [7, 11) is 1.69. The Labute approximate surface area is 119 Å². The molecule has 0 spiro atoms. The highest BCUT2D eigenvalue weighted by atomic mass is 16.5. The molecule has 1 aromatic rings. The first-order chi connectivity index (χ1) is 9.85. The Morgan fingerprint density at radius 2 is 2.35 bits per heavy atom. The van der Waals surface area contributed by atoms with Gasteiger partial charge < -0.3 is 14.4 Å². The molecule has 20 heavy (non-hydrogen) atoms. The minimum Gasteiger partial charge on any atom is -0.491 e. The fraction of sp³-hybridized carbons (Fsp3) is 0.500. The largest absolute Gasteiger partial charge is 0.491 e. The lowest BCUT2D eigenvalue weighted by molar-refractivity contribution is 0.196. The number of ether oxygens (including phenoxy) is 2. The van der Waals surface area contributed by atoms with Crippen molar-refractivity contribution in [2.24, 2.45) is 10.8 Å². The Morgan fingerprint density at radius 3 is 3.15 bits per heavy atom. The van der Waals surface area contributed by atoms with Gasteiger partial charge in [0.25, 0.3) is 0 Å². The molecular weight excluding hydrogens is 256 g/mol. The third-order valence-corrected chi connectivity index (χ3v) is 3.15. The topological polar surface area (TPSA) is 72.1 Å². The lowest BCUT2D eigenvalue weighted by atomic mass is 10.2. The van der Waals surface area contributed by atoms with Gasteiger partial charge in [0, 0.05) is 32.4 Å². The molecule has 2 rings (SSSR count). The van der Waals surface area contributed by atoms with Gasteiger partial charge in [-0.15, -0.1) is 0 Å². The quantitative estimate of drug-likeness (QED) is 0.279. The molecule has 3 N–H and O–H groups in total. The number of nitrogens with one attached hydrogen (secondary N) is 1. The summed E-state index contributed by atoms with van der Waals surface area (Å²) in [6, 6.07) is 8.04. The molecule has 6 nitrogen and oxygen atoms in total. The molecule has 1 heterocycles. The van der Waals surface area contributed by atoms with Crippen LogP contribution in [0.4, 0.5) is 0 Å². The molecule has 0 unspecified atom stereocenters. The predicted octanol–water partition coefficient (Wildman–Crippen LogP) is 0.737. The van der Waals surface area contributed by atoms with Gasteiger partial charge in [-0.2, -0.15) is 0 Å². The number of hydrazine groups is 1. The maximum atomic E-state index is 5.73. The first-order valence-electron chi connectivity index (χ1n) is 6.81. The third-order valence-electron chi connectivity index (χ3n) is 3.15. The molecule has 0 atom stereocenters. The van der Waals surface area contributed by atoms with E-state index in [9.17, 15) is 0 Å². The van der Waals surface area contributed by atoms with Crippen LogP contribution in [-0.4, -0.2) is 44.3 Å². The lowest BCUT2D eigenvalue weighted by Gasteiger charge is -2.23. The van der Waals surface area contributed by atoms with Crippen molar-refractivity contribution in [2.75, 3.05) is 33.4 Å². The van der Waals surface area contributed by atoms with E-state index in [1.807, 2.05) is 18.2 Å². The molecule has 0 saturated heterocycles. The summed E-state index contributed by atoms with van der Waals surface area (Å²) < 4.78 is 10.7. The number of nitrogens with two attached hydrogens (primary N) is 1. The second kappa shape index (κ2) is 7.72. The van der Waals surface area contributed by atoms with Crippen molar-refractivity contribution in [3.8, 4) is 5.75 Å². The van der Waals surface area contributed by atoms with E-state index in [0.717, 1.165) is 30.8 Å². The zero-order valence-electron chi connectivity index (χ0n) is 11.8. The average molecular weight is 278 g/mol. The van der Waals surface area contributed by atoms with Crippen LogP contribution < -0.4 is 16.0 Å². The van der Waals surface area contributed by atoms with E-state index >= 15 is 0 Å². The maximum absolute atomic E-state index is 5.73. The van der Waals surface area contributed by atoms with Gasteiger partial charge in [-0.3, -0.25) is 10.4 Å². The van der Waals surface area contributed by atoms with Crippen molar-refractivity contribution < 1.29 is 9.47 Å². The zero-order chi connectivity index (χ0) is 14.2. The molecule has 0 saturated carbocycles. The van der Waals surface area contributed by atoms with E-state index in [-0.39, 0.29) is 0 Å². The van der Waals surface area contributed by atoms with Gasteiger partial charge >= 0.3 is 0 Å². The molecule has 0 amide bonds. The van der Waals surface area contributed by atoms with Gasteiger partial charge in [-0.25, -0.2) is 5.84 Å². The van der Waals surface area contributed by atoms with Crippen LogP contribution in [0.5, 0.6) is 5.75 Å². The highest BCUT2D eigenvalue weighted by Gasteiger charge is 2.17. The summed E-state index contributed by atoms with van der Waals surface area (Å²) in [5.41, 5.74) is 3.83. The van der Waals surface area contributed by atoms with Crippen molar-refractivity contribution >= 4 is 5.96 Å². The molecule has 1 aliphatic heterocycles.